The van der Waals surface area contributed by atoms with Crippen LogP contribution in [0.2, 0.25) is 0 Å². The third kappa shape index (κ3) is 4.80. The van der Waals surface area contributed by atoms with Crippen molar-refractivity contribution in [2.24, 2.45) is 5.41 Å². The van der Waals surface area contributed by atoms with E-state index < -0.39 is 6.09 Å². The summed E-state index contributed by atoms with van der Waals surface area (Å²) in [6, 6.07) is 4.97. The van der Waals surface area contributed by atoms with E-state index >= 15 is 4.39 Å². The molecule has 0 bridgehead atoms. The van der Waals surface area contributed by atoms with Crippen LogP contribution in [0.3, 0.4) is 0 Å². The third-order valence-corrected chi connectivity index (χ3v) is 8.21. The zero-order valence-corrected chi connectivity index (χ0v) is 21.0. The molecule has 1 saturated heterocycles. The van der Waals surface area contributed by atoms with Crippen LogP contribution in [0, 0.1) is 18.2 Å². The Morgan fingerprint density at radius 1 is 1.05 bits per heavy atom. The largest absolute Gasteiger partial charge is 0.474 e. The second kappa shape index (κ2) is 9.78. The Morgan fingerprint density at radius 3 is 2.68 bits per heavy atom. The molecule has 1 aliphatic carbocycles. The molecule has 1 amide bonds. The van der Waals surface area contributed by atoms with Gasteiger partial charge in [0.2, 0.25) is 5.88 Å². The van der Waals surface area contributed by atoms with Gasteiger partial charge in [0.05, 0.1) is 0 Å². The molecule has 8 nitrogen and oxygen atoms in total. The normalized spacial score (nSPS) is 19.1. The van der Waals surface area contributed by atoms with Crippen molar-refractivity contribution < 1.29 is 18.7 Å². The second-order valence-corrected chi connectivity index (χ2v) is 10.5. The highest BCUT2D eigenvalue weighted by molar-refractivity contribution is 5.92. The van der Waals surface area contributed by atoms with Gasteiger partial charge in [-0.15, -0.1) is 0 Å². The van der Waals surface area contributed by atoms with Crippen LogP contribution in [0.1, 0.15) is 44.1 Å². The number of aromatic nitrogens is 2. The van der Waals surface area contributed by atoms with Crippen molar-refractivity contribution >= 4 is 28.4 Å². The molecular formula is C28H32FN5O3. The van der Waals surface area contributed by atoms with Crippen molar-refractivity contribution in [2.45, 2.75) is 51.6 Å². The Balaban J connectivity index is 1.17. The first-order valence-corrected chi connectivity index (χ1v) is 13.1. The number of amides is 1. The SMILES string of the molecule is Cc1c(-c2cc3cc(NC(=O)OC4CCC5(CCNCC5)CC4)ncc3cc2F)cnc2c1NCCO2. The number of nitrogens with one attached hydrogen (secondary N) is 3. The molecule has 0 atom stereocenters. The molecule has 2 aliphatic heterocycles. The maximum atomic E-state index is 15.1. The summed E-state index contributed by atoms with van der Waals surface area (Å²) in [6.45, 7) is 5.32. The highest BCUT2D eigenvalue weighted by Gasteiger charge is 2.37. The van der Waals surface area contributed by atoms with Crippen LogP contribution in [-0.2, 0) is 4.74 Å². The first-order chi connectivity index (χ1) is 18.0. The van der Waals surface area contributed by atoms with Gasteiger partial charge in [0, 0.05) is 35.5 Å². The summed E-state index contributed by atoms with van der Waals surface area (Å²) in [5, 5.41) is 10.9. The lowest BCUT2D eigenvalue weighted by Crippen LogP contribution is -2.41. The second-order valence-electron chi connectivity index (χ2n) is 10.5. The molecule has 1 spiro atoms. The van der Waals surface area contributed by atoms with Crippen molar-refractivity contribution in [3.8, 4) is 17.0 Å². The zero-order valence-electron chi connectivity index (χ0n) is 21.0. The number of nitrogens with zero attached hydrogens (tertiary/aromatic N) is 2. The van der Waals surface area contributed by atoms with Gasteiger partial charge in [0.25, 0.3) is 0 Å². The smallest absolute Gasteiger partial charge is 0.413 e. The molecule has 2 fully saturated rings. The minimum absolute atomic E-state index is 0.0706. The van der Waals surface area contributed by atoms with Crippen LogP contribution in [-0.4, -0.2) is 48.4 Å². The van der Waals surface area contributed by atoms with Gasteiger partial charge in [-0.1, -0.05) is 0 Å². The quantitative estimate of drug-likeness (QED) is 0.438. The Morgan fingerprint density at radius 2 is 1.86 bits per heavy atom. The molecule has 1 saturated carbocycles. The summed E-state index contributed by atoms with van der Waals surface area (Å²) in [7, 11) is 0. The van der Waals surface area contributed by atoms with Crippen LogP contribution >= 0.6 is 0 Å². The molecule has 1 aromatic carbocycles. The number of carbonyl (C=O) groups is 1. The fourth-order valence-electron chi connectivity index (χ4n) is 6.00. The Labute approximate surface area is 215 Å². The number of ether oxygens (including phenoxy) is 2. The van der Waals surface area contributed by atoms with Gasteiger partial charge in [0.1, 0.15) is 30.0 Å². The summed E-state index contributed by atoms with van der Waals surface area (Å²) in [6.07, 6.45) is 9.06. The first kappa shape index (κ1) is 23.9. The molecular weight excluding hydrogens is 473 g/mol. The molecule has 3 aliphatic rings. The van der Waals surface area contributed by atoms with E-state index in [-0.39, 0.29) is 11.9 Å². The summed E-state index contributed by atoms with van der Waals surface area (Å²) in [5.41, 5.74) is 3.20. The minimum Gasteiger partial charge on any atom is -0.474 e. The highest BCUT2D eigenvalue weighted by atomic mass is 19.1. The van der Waals surface area contributed by atoms with Crippen molar-refractivity contribution in [2.75, 3.05) is 36.9 Å². The van der Waals surface area contributed by atoms with Gasteiger partial charge in [-0.25, -0.2) is 19.2 Å². The number of anilines is 2. The Kier molecular flexibility index (Phi) is 6.32. The summed E-state index contributed by atoms with van der Waals surface area (Å²) < 4.78 is 26.5. The van der Waals surface area contributed by atoms with Gasteiger partial charge < -0.3 is 20.1 Å². The predicted octanol–water partition coefficient (Wildman–Crippen LogP) is 5.41. The molecule has 194 valence electrons. The number of hydrogen-bond acceptors (Lipinski definition) is 7. The number of carbonyl (C=O) groups excluding carboxylic acids is 1. The molecule has 0 unspecified atom stereocenters. The number of fused-ring (bicyclic) bond motifs is 2. The van der Waals surface area contributed by atoms with Crippen LogP contribution in [0.5, 0.6) is 5.88 Å². The van der Waals surface area contributed by atoms with E-state index in [9.17, 15) is 4.79 Å². The Hall–Kier alpha value is -3.46. The lowest BCUT2D eigenvalue weighted by Gasteiger charge is -2.42. The average molecular weight is 506 g/mol. The van der Waals surface area contributed by atoms with Gasteiger partial charge in [0.15, 0.2) is 0 Å². The molecule has 3 N–H and O–H groups in total. The lowest BCUT2D eigenvalue weighted by atomic mass is 9.68. The van der Waals surface area contributed by atoms with E-state index in [4.69, 9.17) is 9.47 Å². The number of hydrogen-bond donors (Lipinski definition) is 3. The minimum atomic E-state index is -0.499. The fraction of sp³-hybridized carbons (Fsp3) is 0.464. The predicted molar refractivity (Wildman–Crippen MR) is 141 cm³/mol. The Bertz CT molecular complexity index is 1330. The molecule has 9 heteroatoms. The van der Waals surface area contributed by atoms with Crippen molar-refractivity contribution in [1.82, 2.24) is 15.3 Å². The maximum Gasteiger partial charge on any atom is 0.413 e. The fourth-order valence-corrected chi connectivity index (χ4v) is 6.00. The van der Waals surface area contributed by atoms with Crippen LogP contribution in [0.25, 0.3) is 21.9 Å². The summed E-state index contributed by atoms with van der Waals surface area (Å²) in [5.74, 6) is 0.544. The van der Waals surface area contributed by atoms with Gasteiger partial charge >= 0.3 is 6.09 Å². The number of pyridine rings is 2. The summed E-state index contributed by atoms with van der Waals surface area (Å²) >= 11 is 0. The molecule has 37 heavy (non-hydrogen) atoms. The van der Waals surface area contributed by atoms with Crippen molar-refractivity contribution in [3.05, 3.63) is 42.0 Å². The molecule has 4 heterocycles. The monoisotopic (exact) mass is 505 g/mol. The van der Waals surface area contributed by atoms with Crippen LogP contribution < -0.4 is 20.7 Å². The van der Waals surface area contributed by atoms with E-state index in [0.29, 0.717) is 46.8 Å². The molecule has 2 aromatic heterocycles. The van der Waals surface area contributed by atoms with E-state index in [1.165, 1.54) is 18.9 Å². The van der Waals surface area contributed by atoms with E-state index in [1.807, 2.05) is 6.92 Å². The van der Waals surface area contributed by atoms with Crippen LogP contribution in [0.15, 0.2) is 30.6 Å². The highest BCUT2D eigenvalue weighted by Crippen LogP contribution is 2.44. The summed E-state index contributed by atoms with van der Waals surface area (Å²) in [4.78, 5) is 21.3. The van der Waals surface area contributed by atoms with Crippen molar-refractivity contribution in [3.63, 3.8) is 0 Å². The standard InChI is InChI=1S/C28H32FN5O3/c1-17-22(16-33-26-25(17)31-10-11-36-26)21-12-18-14-24(32-15-19(18)13-23(21)29)34-27(35)37-20-2-4-28(5-3-20)6-8-30-9-7-28/h12-16,20,30-31H,2-11H2,1H3,(H,32,34,35). The van der Waals surface area contributed by atoms with E-state index in [0.717, 1.165) is 55.4 Å². The van der Waals surface area contributed by atoms with Gasteiger partial charge in [-0.2, -0.15) is 0 Å². The number of rotatable bonds is 3. The van der Waals surface area contributed by atoms with Gasteiger partial charge in [-0.05, 0) is 93.1 Å². The first-order valence-electron chi connectivity index (χ1n) is 13.1. The van der Waals surface area contributed by atoms with Gasteiger partial charge in [-0.3, -0.25) is 5.32 Å². The van der Waals surface area contributed by atoms with Crippen molar-refractivity contribution in [1.29, 1.82) is 0 Å². The average Bonchev–Trinajstić information content (AvgIpc) is 2.91. The number of halogens is 1. The van der Waals surface area contributed by atoms with Crippen LogP contribution in [0.4, 0.5) is 20.7 Å². The van der Waals surface area contributed by atoms with E-state index in [1.54, 1.807) is 24.5 Å². The lowest BCUT2D eigenvalue weighted by molar-refractivity contribution is 0.0311. The molecule has 6 rings (SSSR count). The molecule has 3 aromatic rings. The number of piperidine rings is 1. The topological polar surface area (TPSA) is 97.4 Å². The molecule has 0 radical (unpaired) electrons. The maximum absolute atomic E-state index is 15.1. The zero-order chi connectivity index (χ0) is 25.4. The third-order valence-electron chi connectivity index (χ3n) is 8.21. The van der Waals surface area contributed by atoms with E-state index in [2.05, 4.69) is 25.9 Å². The number of benzene rings is 1.